The van der Waals surface area contributed by atoms with Gasteiger partial charge in [-0.3, -0.25) is 0 Å². The summed E-state index contributed by atoms with van der Waals surface area (Å²) in [5, 5.41) is 11.3. The highest BCUT2D eigenvalue weighted by molar-refractivity contribution is 5.25. The van der Waals surface area contributed by atoms with Crippen molar-refractivity contribution in [2.24, 2.45) is 46.3 Å². The molecule has 3 fully saturated rings. The lowest BCUT2D eigenvalue weighted by atomic mass is 9.47. The molecule has 1 nitrogen and oxygen atoms in total. The summed E-state index contributed by atoms with van der Waals surface area (Å²) in [7, 11) is 0. The molecule has 4 rings (SSSR count). The van der Waals surface area contributed by atoms with Crippen LogP contribution in [0.1, 0.15) is 105 Å². The molecule has 0 aromatic heterocycles. The van der Waals surface area contributed by atoms with Crippen LogP contribution in [0, 0.1) is 46.3 Å². The number of hydrogen-bond donors (Lipinski definition) is 1. The van der Waals surface area contributed by atoms with Gasteiger partial charge in [0.1, 0.15) is 0 Å². The molecule has 0 heterocycles. The summed E-state index contributed by atoms with van der Waals surface area (Å²) < 4.78 is 0. The highest BCUT2D eigenvalue weighted by atomic mass is 16.3. The van der Waals surface area contributed by atoms with E-state index in [-0.39, 0.29) is 6.10 Å². The summed E-state index contributed by atoms with van der Waals surface area (Å²) >= 11 is 0. The molecule has 0 radical (unpaired) electrons. The van der Waals surface area contributed by atoms with Gasteiger partial charge in [0, 0.05) is 0 Å². The molecule has 28 heavy (non-hydrogen) atoms. The van der Waals surface area contributed by atoms with E-state index in [9.17, 15) is 5.11 Å². The van der Waals surface area contributed by atoms with Crippen molar-refractivity contribution in [1.29, 1.82) is 0 Å². The van der Waals surface area contributed by atoms with E-state index in [1.54, 1.807) is 5.57 Å². The molecule has 0 aliphatic heterocycles. The largest absolute Gasteiger partial charge is 0.393 e. The average Bonchev–Trinajstić information content (AvgIpc) is 2.92. The molecule has 0 amide bonds. The summed E-state index contributed by atoms with van der Waals surface area (Å²) in [6.07, 6.45) is 17.3. The van der Waals surface area contributed by atoms with Crippen LogP contribution >= 0.6 is 0 Å². The summed E-state index contributed by atoms with van der Waals surface area (Å²) in [6.45, 7) is 12.4. The maximum Gasteiger partial charge on any atom is 0.0579 e. The van der Waals surface area contributed by atoms with E-state index in [1.165, 1.54) is 64.2 Å². The molecule has 0 aromatic carbocycles. The summed E-state index contributed by atoms with van der Waals surface area (Å²) in [5.41, 5.74) is 2.60. The predicted octanol–water partition coefficient (Wildman–Crippen LogP) is 7.39. The Hall–Kier alpha value is -0.300. The molecular weight excluding hydrogens is 340 g/mol. The minimum Gasteiger partial charge on any atom is -0.393 e. The van der Waals surface area contributed by atoms with Crippen LogP contribution in [0.3, 0.4) is 0 Å². The molecule has 4 aliphatic rings. The Morgan fingerprint density at radius 3 is 2.64 bits per heavy atom. The first-order chi connectivity index (χ1) is 13.3. The number of fused-ring (bicyclic) bond motifs is 5. The minimum atomic E-state index is -0.0579. The fourth-order valence-corrected chi connectivity index (χ4v) is 8.74. The molecule has 4 aliphatic carbocycles. The monoisotopic (exact) mass is 386 g/mol. The molecule has 1 heteroatoms. The third-order valence-electron chi connectivity index (χ3n) is 10.2. The van der Waals surface area contributed by atoms with Crippen molar-refractivity contribution < 1.29 is 5.11 Å². The van der Waals surface area contributed by atoms with Gasteiger partial charge < -0.3 is 5.11 Å². The zero-order chi connectivity index (χ0) is 20.1. The quantitative estimate of drug-likeness (QED) is 0.488. The Labute approximate surface area is 174 Å². The van der Waals surface area contributed by atoms with Crippen LogP contribution in [-0.4, -0.2) is 11.2 Å². The van der Waals surface area contributed by atoms with Crippen molar-refractivity contribution in [2.75, 3.05) is 0 Å². The van der Waals surface area contributed by atoms with Gasteiger partial charge >= 0.3 is 0 Å². The molecule has 160 valence electrons. The fourth-order valence-electron chi connectivity index (χ4n) is 8.74. The van der Waals surface area contributed by atoms with Crippen LogP contribution in [0.2, 0.25) is 0 Å². The van der Waals surface area contributed by atoms with E-state index in [2.05, 4.69) is 40.7 Å². The Bertz CT molecular complexity index is 591. The van der Waals surface area contributed by atoms with Gasteiger partial charge in [-0.05, 0) is 91.3 Å². The molecule has 8 atom stereocenters. The van der Waals surface area contributed by atoms with Crippen molar-refractivity contribution in [3.8, 4) is 0 Å². The smallest absolute Gasteiger partial charge is 0.0579 e. The maximum atomic E-state index is 11.3. The van der Waals surface area contributed by atoms with Crippen LogP contribution in [0.5, 0.6) is 0 Å². The highest BCUT2D eigenvalue weighted by Gasteiger charge is 2.61. The maximum absolute atomic E-state index is 11.3. The Kier molecular flexibility index (Phi) is 5.80. The van der Waals surface area contributed by atoms with Crippen LogP contribution in [0.15, 0.2) is 11.6 Å². The van der Waals surface area contributed by atoms with Crippen LogP contribution < -0.4 is 0 Å². The number of rotatable bonds is 5. The standard InChI is InChI=1S/C27H46O/c1-18(2)9-8-10-19(3)23-17-24(28)25-21-13-12-20-11-6-7-15-26(20,4)22(21)14-16-27(23,25)5/h12,18-19,21-25,28H,6-11,13-17H2,1-5H3/t19-,21-,22+,23-,24-,25-,26+,27-/m1/s1. The lowest BCUT2D eigenvalue weighted by molar-refractivity contribution is -0.0766. The van der Waals surface area contributed by atoms with E-state index in [1.807, 2.05) is 0 Å². The van der Waals surface area contributed by atoms with Gasteiger partial charge in [-0.1, -0.05) is 72.0 Å². The van der Waals surface area contributed by atoms with Crippen LogP contribution in [-0.2, 0) is 0 Å². The topological polar surface area (TPSA) is 20.2 Å². The van der Waals surface area contributed by atoms with Gasteiger partial charge in [0.25, 0.3) is 0 Å². The van der Waals surface area contributed by atoms with Gasteiger partial charge in [0.15, 0.2) is 0 Å². The summed E-state index contributed by atoms with van der Waals surface area (Å²) in [5.74, 6) is 4.41. The van der Waals surface area contributed by atoms with E-state index in [0.717, 1.165) is 36.0 Å². The third kappa shape index (κ3) is 3.32. The number of aliphatic hydroxyl groups is 1. The number of aliphatic hydroxyl groups excluding tert-OH is 1. The number of allylic oxidation sites excluding steroid dienone is 2. The molecule has 0 aromatic rings. The van der Waals surface area contributed by atoms with Gasteiger partial charge in [-0.15, -0.1) is 0 Å². The first kappa shape index (κ1) is 21.0. The van der Waals surface area contributed by atoms with Gasteiger partial charge in [-0.25, -0.2) is 0 Å². The molecular formula is C27H46O. The van der Waals surface area contributed by atoms with Gasteiger partial charge in [0.2, 0.25) is 0 Å². The van der Waals surface area contributed by atoms with E-state index < -0.39 is 0 Å². The second kappa shape index (κ2) is 7.75. The van der Waals surface area contributed by atoms with E-state index in [4.69, 9.17) is 0 Å². The second-order valence-electron chi connectivity index (χ2n) is 12.1. The van der Waals surface area contributed by atoms with Gasteiger partial charge in [0.05, 0.1) is 6.10 Å². The normalized spacial score (nSPS) is 46.5. The van der Waals surface area contributed by atoms with Crippen LogP contribution in [0.25, 0.3) is 0 Å². The van der Waals surface area contributed by atoms with Crippen molar-refractivity contribution in [3.63, 3.8) is 0 Å². The Morgan fingerprint density at radius 1 is 1.11 bits per heavy atom. The first-order valence-corrected chi connectivity index (χ1v) is 12.6. The van der Waals surface area contributed by atoms with Crippen molar-refractivity contribution in [2.45, 2.75) is 111 Å². The molecule has 0 spiro atoms. The molecule has 0 unspecified atom stereocenters. The minimum absolute atomic E-state index is 0.0579. The zero-order valence-corrected chi connectivity index (χ0v) is 19.3. The van der Waals surface area contributed by atoms with Gasteiger partial charge in [-0.2, -0.15) is 0 Å². The Morgan fingerprint density at radius 2 is 1.89 bits per heavy atom. The molecule has 3 saturated carbocycles. The average molecular weight is 387 g/mol. The fraction of sp³-hybridized carbons (Fsp3) is 0.926. The number of hydrogen-bond acceptors (Lipinski definition) is 1. The molecule has 0 bridgehead atoms. The SMILES string of the molecule is CC(C)CCC[C@@H](C)[C@H]1C[C@@H](O)[C@H]2[C@@H]3CC=C4CCCC[C@]4(C)[C@H]3CC[C@@]21C. The second-order valence-corrected chi connectivity index (χ2v) is 12.1. The lowest BCUT2D eigenvalue weighted by Gasteiger charge is -2.58. The summed E-state index contributed by atoms with van der Waals surface area (Å²) in [4.78, 5) is 0. The highest BCUT2D eigenvalue weighted by Crippen LogP contribution is 2.67. The van der Waals surface area contributed by atoms with E-state index in [0.29, 0.717) is 16.7 Å². The summed E-state index contributed by atoms with van der Waals surface area (Å²) in [6, 6.07) is 0. The zero-order valence-electron chi connectivity index (χ0n) is 19.3. The van der Waals surface area contributed by atoms with Crippen molar-refractivity contribution in [1.82, 2.24) is 0 Å². The first-order valence-electron chi connectivity index (χ1n) is 12.6. The Balaban J connectivity index is 1.54. The lowest BCUT2D eigenvalue weighted by Crippen LogP contribution is -2.51. The van der Waals surface area contributed by atoms with Crippen molar-refractivity contribution in [3.05, 3.63) is 11.6 Å². The van der Waals surface area contributed by atoms with Crippen molar-refractivity contribution >= 4 is 0 Å². The van der Waals surface area contributed by atoms with E-state index >= 15 is 0 Å². The van der Waals surface area contributed by atoms with Crippen LogP contribution in [0.4, 0.5) is 0 Å². The molecule has 0 saturated heterocycles. The molecule has 1 N–H and O–H groups in total. The third-order valence-corrected chi connectivity index (χ3v) is 10.2. The predicted molar refractivity (Wildman–Crippen MR) is 119 cm³/mol.